The van der Waals surface area contributed by atoms with E-state index >= 15 is 0 Å². The zero-order chi connectivity index (χ0) is 19.5. The van der Waals surface area contributed by atoms with Gasteiger partial charge in [-0.1, -0.05) is 12.1 Å². The van der Waals surface area contributed by atoms with Gasteiger partial charge in [0, 0.05) is 11.5 Å². The van der Waals surface area contributed by atoms with E-state index in [1.165, 1.54) is 25.1 Å². The van der Waals surface area contributed by atoms with Gasteiger partial charge in [-0.3, -0.25) is 4.79 Å². The van der Waals surface area contributed by atoms with Gasteiger partial charge in [-0.2, -0.15) is 0 Å². The summed E-state index contributed by atoms with van der Waals surface area (Å²) in [4.78, 5) is 39.6. The third kappa shape index (κ3) is 3.97. The number of esters is 1. The van der Waals surface area contributed by atoms with Crippen LogP contribution < -0.4 is 5.32 Å². The molecule has 1 aliphatic rings. The van der Waals surface area contributed by atoms with Gasteiger partial charge < -0.3 is 15.0 Å². The molecule has 0 saturated carbocycles. The fourth-order valence-corrected chi connectivity index (χ4v) is 5.55. The van der Waals surface area contributed by atoms with Gasteiger partial charge in [0.1, 0.15) is 11.8 Å². The molecule has 1 atom stereocenters. The molecule has 0 spiro atoms. The first-order valence-corrected chi connectivity index (χ1v) is 10.7. The first-order valence-electron chi connectivity index (χ1n) is 8.61. The van der Waals surface area contributed by atoms with Crippen LogP contribution in [-0.4, -0.2) is 49.4 Å². The number of aromatic amines is 1. The van der Waals surface area contributed by atoms with Crippen LogP contribution in [0.1, 0.15) is 27.4 Å². The second-order valence-corrected chi connectivity index (χ2v) is 8.78. The summed E-state index contributed by atoms with van der Waals surface area (Å²) in [5.41, 5.74) is 2.54. The Balaban J connectivity index is 1.38. The molecule has 1 amide bonds. The van der Waals surface area contributed by atoms with E-state index < -0.39 is 18.0 Å². The lowest BCUT2D eigenvalue weighted by atomic mass is 10.1. The Hall–Kier alpha value is -2.59. The molecule has 1 fully saturated rings. The predicted molar refractivity (Wildman–Crippen MR) is 109 cm³/mol. The molecular formula is C18H17N5O3S2. The smallest absolute Gasteiger partial charge is 0.338 e. The van der Waals surface area contributed by atoms with Crippen molar-refractivity contribution in [2.24, 2.45) is 0 Å². The molecule has 10 heteroatoms. The van der Waals surface area contributed by atoms with E-state index in [1.807, 2.05) is 35.7 Å². The molecule has 28 heavy (non-hydrogen) atoms. The number of nitrogens with zero attached hydrogens (tertiary/aromatic N) is 3. The highest BCUT2D eigenvalue weighted by atomic mass is 32.2. The van der Waals surface area contributed by atoms with E-state index in [-0.39, 0.29) is 5.82 Å². The van der Waals surface area contributed by atoms with Crippen molar-refractivity contribution in [2.45, 2.75) is 17.6 Å². The lowest BCUT2D eigenvalue weighted by Gasteiger charge is -2.14. The number of ether oxygens (including phenoxy) is 1. The molecule has 3 aromatic rings. The van der Waals surface area contributed by atoms with E-state index in [2.05, 4.69) is 25.3 Å². The molecule has 2 N–H and O–H groups in total. The molecule has 2 aromatic heterocycles. The second kappa shape index (κ2) is 8.19. The number of benzene rings is 1. The van der Waals surface area contributed by atoms with E-state index in [0.29, 0.717) is 21.3 Å². The quantitative estimate of drug-likeness (QED) is 0.612. The Bertz CT molecular complexity index is 1000. The van der Waals surface area contributed by atoms with Gasteiger partial charge >= 0.3 is 5.97 Å². The Labute approximate surface area is 169 Å². The van der Waals surface area contributed by atoms with Crippen molar-refractivity contribution in [3.8, 4) is 0 Å². The van der Waals surface area contributed by atoms with E-state index in [4.69, 9.17) is 4.74 Å². The summed E-state index contributed by atoms with van der Waals surface area (Å²) in [6.07, 6.45) is 1.78. The predicted octanol–water partition coefficient (Wildman–Crippen LogP) is 3.02. The molecular weight excluding hydrogens is 398 g/mol. The van der Waals surface area contributed by atoms with Gasteiger partial charge in [-0.25, -0.2) is 19.7 Å². The van der Waals surface area contributed by atoms with Crippen molar-refractivity contribution in [1.82, 2.24) is 19.9 Å². The summed E-state index contributed by atoms with van der Waals surface area (Å²) in [6.45, 7) is 1.51. The molecule has 4 rings (SSSR count). The Kier molecular flexibility index (Phi) is 5.49. The average molecular weight is 416 g/mol. The third-order valence-electron chi connectivity index (χ3n) is 4.16. The maximum atomic E-state index is 12.4. The molecule has 144 valence electrons. The fraction of sp³-hybridized carbons (Fsp3) is 0.278. The number of aromatic nitrogens is 4. The van der Waals surface area contributed by atoms with Crippen molar-refractivity contribution in [3.63, 3.8) is 0 Å². The van der Waals surface area contributed by atoms with Crippen molar-refractivity contribution in [1.29, 1.82) is 0 Å². The van der Waals surface area contributed by atoms with E-state index in [0.717, 1.165) is 11.5 Å². The number of carbonyl (C=O) groups is 2. The first kappa shape index (κ1) is 18.8. The normalized spacial score (nSPS) is 15.5. The molecule has 1 saturated heterocycles. The van der Waals surface area contributed by atoms with Crippen molar-refractivity contribution >= 4 is 52.4 Å². The minimum absolute atomic E-state index is 0.284. The van der Waals surface area contributed by atoms with Crippen LogP contribution in [-0.2, 0) is 9.53 Å². The number of hydrogen-bond acceptors (Lipinski definition) is 8. The zero-order valence-electron chi connectivity index (χ0n) is 14.9. The molecule has 0 radical (unpaired) electrons. The van der Waals surface area contributed by atoms with Crippen LogP contribution in [0, 0.1) is 0 Å². The van der Waals surface area contributed by atoms with Crippen LogP contribution in [0.3, 0.4) is 0 Å². The first-order chi connectivity index (χ1) is 13.6. The van der Waals surface area contributed by atoms with Gasteiger partial charge in [0.2, 0.25) is 0 Å². The number of hydrogen-bond donors (Lipinski definition) is 2. The lowest BCUT2D eigenvalue weighted by molar-refractivity contribution is -0.123. The fourth-order valence-electron chi connectivity index (χ4n) is 2.69. The SMILES string of the molecule is C[C@H](OC(=O)c1ccc(C2SCCS2)cc1)C(=O)Nc1ncnc2nc[nH]c12. The average Bonchev–Trinajstić information content (AvgIpc) is 3.40. The number of rotatable bonds is 5. The molecule has 0 aliphatic carbocycles. The number of thioether (sulfide) groups is 2. The maximum absolute atomic E-state index is 12.4. The molecule has 0 unspecified atom stereocenters. The highest BCUT2D eigenvalue weighted by molar-refractivity contribution is 8.19. The highest BCUT2D eigenvalue weighted by Crippen LogP contribution is 2.45. The summed E-state index contributed by atoms with van der Waals surface area (Å²) in [5, 5.41) is 2.63. The number of H-pyrrole nitrogens is 1. The maximum Gasteiger partial charge on any atom is 0.338 e. The molecule has 1 aromatic carbocycles. The summed E-state index contributed by atoms with van der Waals surface area (Å²) in [5.74, 6) is 1.53. The monoisotopic (exact) mass is 415 g/mol. The number of anilines is 1. The van der Waals surface area contributed by atoms with Crippen LogP contribution in [0.5, 0.6) is 0 Å². The lowest BCUT2D eigenvalue weighted by Crippen LogP contribution is -2.30. The van der Waals surface area contributed by atoms with Crippen LogP contribution in [0.2, 0.25) is 0 Å². The zero-order valence-corrected chi connectivity index (χ0v) is 16.5. The summed E-state index contributed by atoms with van der Waals surface area (Å²) in [7, 11) is 0. The Morgan fingerprint density at radius 2 is 1.93 bits per heavy atom. The summed E-state index contributed by atoms with van der Waals surface area (Å²) in [6, 6.07) is 7.35. The van der Waals surface area contributed by atoms with Crippen molar-refractivity contribution in [2.75, 3.05) is 16.8 Å². The molecule has 3 heterocycles. The van der Waals surface area contributed by atoms with Crippen LogP contribution in [0.15, 0.2) is 36.9 Å². The summed E-state index contributed by atoms with van der Waals surface area (Å²) < 4.78 is 5.72. The Morgan fingerprint density at radius 1 is 1.18 bits per heavy atom. The minimum atomic E-state index is -0.985. The molecule has 0 bridgehead atoms. The second-order valence-electron chi connectivity index (χ2n) is 6.06. The van der Waals surface area contributed by atoms with Crippen LogP contribution in [0.4, 0.5) is 5.82 Å². The topological polar surface area (TPSA) is 110 Å². The summed E-state index contributed by atoms with van der Waals surface area (Å²) >= 11 is 3.81. The number of fused-ring (bicyclic) bond motifs is 1. The number of imidazole rings is 1. The van der Waals surface area contributed by atoms with Gasteiger partial charge in [0.15, 0.2) is 17.6 Å². The van der Waals surface area contributed by atoms with Gasteiger partial charge in [-0.05, 0) is 24.6 Å². The largest absolute Gasteiger partial charge is 0.449 e. The van der Waals surface area contributed by atoms with Gasteiger partial charge in [-0.15, -0.1) is 23.5 Å². The standard InChI is InChI=1S/C18H17N5O3S2/c1-10(16(24)23-15-13-14(20-8-19-13)21-9-22-15)26-17(25)11-2-4-12(5-3-11)18-27-6-7-28-18/h2-5,8-10,18H,6-7H2,1H3,(H2,19,20,21,22,23,24)/t10-/m0/s1. The number of amides is 1. The van der Waals surface area contributed by atoms with E-state index in [1.54, 1.807) is 12.1 Å². The minimum Gasteiger partial charge on any atom is -0.449 e. The molecule has 1 aliphatic heterocycles. The van der Waals surface area contributed by atoms with Gasteiger partial charge in [0.05, 0.1) is 16.5 Å². The third-order valence-corrected chi connectivity index (χ3v) is 7.26. The van der Waals surface area contributed by atoms with Crippen LogP contribution >= 0.6 is 23.5 Å². The van der Waals surface area contributed by atoms with Gasteiger partial charge in [0.25, 0.3) is 5.91 Å². The van der Waals surface area contributed by atoms with Crippen molar-refractivity contribution < 1.29 is 14.3 Å². The van der Waals surface area contributed by atoms with Crippen molar-refractivity contribution in [3.05, 3.63) is 48.0 Å². The number of carbonyl (C=O) groups excluding carboxylic acids is 2. The van der Waals surface area contributed by atoms with E-state index in [9.17, 15) is 9.59 Å². The molecule has 8 nitrogen and oxygen atoms in total. The highest BCUT2D eigenvalue weighted by Gasteiger charge is 2.22. The Morgan fingerprint density at radius 3 is 2.68 bits per heavy atom. The number of nitrogens with one attached hydrogen (secondary N) is 2. The van der Waals surface area contributed by atoms with Crippen LogP contribution in [0.25, 0.3) is 11.2 Å².